The Morgan fingerprint density at radius 2 is 1.50 bits per heavy atom. The highest BCUT2D eigenvalue weighted by Crippen LogP contribution is 2.37. The van der Waals surface area contributed by atoms with Gasteiger partial charge in [0.1, 0.15) is 0 Å². The highest BCUT2D eigenvalue weighted by atomic mass is 16.3. The summed E-state index contributed by atoms with van der Waals surface area (Å²) in [6, 6.07) is 0.448. The lowest BCUT2D eigenvalue weighted by molar-refractivity contribution is 0.0764. The van der Waals surface area contributed by atoms with Gasteiger partial charge in [0.25, 0.3) is 0 Å². The number of rotatable bonds is 1. The standard InChI is InChI=1S/C12H23NO/c13-12-4-2-1-3-11(12)9-5-7-10(14)8-6-9/h9-12,14H,1-8,13H2. The lowest BCUT2D eigenvalue weighted by atomic mass is 9.71. The summed E-state index contributed by atoms with van der Waals surface area (Å²) in [4.78, 5) is 0. The van der Waals surface area contributed by atoms with Crippen molar-refractivity contribution in [1.82, 2.24) is 0 Å². The molecule has 2 rings (SSSR count). The minimum absolute atomic E-state index is 0.0222. The largest absolute Gasteiger partial charge is 0.393 e. The van der Waals surface area contributed by atoms with E-state index in [0.717, 1.165) is 24.7 Å². The Kier molecular flexibility index (Phi) is 3.45. The quantitative estimate of drug-likeness (QED) is 0.676. The summed E-state index contributed by atoms with van der Waals surface area (Å²) in [5.41, 5.74) is 6.18. The van der Waals surface area contributed by atoms with Crippen molar-refractivity contribution in [1.29, 1.82) is 0 Å². The van der Waals surface area contributed by atoms with Crippen molar-refractivity contribution < 1.29 is 5.11 Å². The average Bonchev–Trinajstić information content (AvgIpc) is 2.20. The van der Waals surface area contributed by atoms with Gasteiger partial charge in [0.2, 0.25) is 0 Å². The van der Waals surface area contributed by atoms with Crippen LogP contribution in [-0.2, 0) is 0 Å². The second-order valence-electron chi connectivity index (χ2n) is 5.18. The van der Waals surface area contributed by atoms with Gasteiger partial charge in [-0.1, -0.05) is 12.8 Å². The molecule has 2 aliphatic carbocycles. The van der Waals surface area contributed by atoms with E-state index in [1.807, 2.05) is 0 Å². The third-order valence-corrected chi connectivity index (χ3v) is 4.22. The monoisotopic (exact) mass is 197 g/mol. The maximum atomic E-state index is 9.46. The fraction of sp³-hybridized carbons (Fsp3) is 1.00. The van der Waals surface area contributed by atoms with E-state index >= 15 is 0 Å². The summed E-state index contributed by atoms with van der Waals surface area (Å²) in [5, 5.41) is 9.46. The van der Waals surface area contributed by atoms with Crippen molar-refractivity contribution in [3.63, 3.8) is 0 Å². The van der Waals surface area contributed by atoms with Gasteiger partial charge in [-0.2, -0.15) is 0 Å². The van der Waals surface area contributed by atoms with E-state index in [1.165, 1.54) is 38.5 Å². The molecule has 0 aliphatic heterocycles. The Morgan fingerprint density at radius 3 is 2.14 bits per heavy atom. The van der Waals surface area contributed by atoms with Gasteiger partial charge in [0, 0.05) is 6.04 Å². The summed E-state index contributed by atoms with van der Waals surface area (Å²) in [6.07, 6.45) is 9.67. The summed E-state index contributed by atoms with van der Waals surface area (Å²) >= 11 is 0. The first-order valence-electron chi connectivity index (χ1n) is 6.21. The molecule has 0 aromatic carbocycles. The molecule has 14 heavy (non-hydrogen) atoms. The van der Waals surface area contributed by atoms with Crippen LogP contribution in [0.3, 0.4) is 0 Å². The number of aliphatic hydroxyl groups excluding tert-OH is 1. The molecule has 2 unspecified atom stereocenters. The second kappa shape index (κ2) is 4.63. The van der Waals surface area contributed by atoms with Gasteiger partial charge >= 0.3 is 0 Å². The van der Waals surface area contributed by atoms with Crippen molar-refractivity contribution in [2.24, 2.45) is 17.6 Å². The van der Waals surface area contributed by atoms with E-state index in [4.69, 9.17) is 5.73 Å². The maximum Gasteiger partial charge on any atom is 0.0540 e. The Morgan fingerprint density at radius 1 is 0.857 bits per heavy atom. The topological polar surface area (TPSA) is 46.2 Å². The molecule has 0 aromatic heterocycles. The van der Waals surface area contributed by atoms with Gasteiger partial charge < -0.3 is 10.8 Å². The molecule has 2 saturated carbocycles. The number of hydrogen-bond donors (Lipinski definition) is 2. The Labute approximate surface area is 86.9 Å². The van der Waals surface area contributed by atoms with Crippen molar-refractivity contribution in [3.05, 3.63) is 0 Å². The van der Waals surface area contributed by atoms with Crippen LogP contribution in [0.1, 0.15) is 51.4 Å². The first-order valence-corrected chi connectivity index (χ1v) is 6.21. The van der Waals surface area contributed by atoms with E-state index in [1.54, 1.807) is 0 Å². The van der Waals surface area contributed by atoms with Crippen molar-refractivity contribution in [2.75, 3.05) is 0 Å². The lowest BCUT2D eigenvalue weighted by Gasteiger charge is -2.38. The number of aliphatic hydroxyl groups is 1. The highest BCUT2D eigenvalue weighted by Gasteiger charge is 2.31. The Hall–Kier alpha value is -0.0800. The van der Waals surface area contributed by atoms with Crippen LogP contribution in [0.15, 0.2) is 0 Å². The van der Waals surface area contributed by atoms with Crippen LogP contribution in [0.5, 0.6) is 0 Å². The Balaban J connectivity index is 1.87. The van der Waals surface area contributed by atoms with E-state index in [-0.39, 0.29) is 6.10 Å². The third kappa shape index (κ3) is 2.29. The molecule has 82 valence electrons. The number of nitrogens with two attached hydrogens (primary N) is 1. The van der Waals surface area contributed by atoms with Crippen LogP contribution in [0, 0.1) is 11.8 Å². The van der Waals surface area contributed by atoms with Crippen LogP contribution in [0.2, 0.25) is 0 Å². The van der Waals surface area contributed by atoms with Crippen LogP contribution >= 0.6 is 0 Å². The third-order valence-electron chi connectivity index (χ3n) is 4.22. The normalized spacial score (nSPS) is 45.0. The predicted molar refractivity (Wildman–Crippen MR) is 57.9 cm³/mol. The molecule has 3 N–H and O–H groups in total. The molecule has 0 saturated heterocycles. The summed E-state index contributed by atoms with van der Waals surface area (Å²) in [6.45, 7) is 0. The van der Waals surface area contributed by atoms with E-state index in [2.05, 4.69) is 0 Å². The minimum atomic E-state index is -0.0222. The molecular formula is C12H23NO. The zero-order valence-electron chi connectivity index (χ0n) is 8.99. The molecule has 0 heterocycles. The molecule has 2 aliphatic rings. The highest BCUT2D eigenvalue weighted by molar-refractivity contribution is 4.86. The second-order valence-corrected chi connectivity index (χ2v) is 5.18. The SMILES string of the molecule is NC1CCCCC1C1CCC(O)CC1. The molecule has 2 atom stereocenters. The zero-order valence-corrected chi connectivity index (χ0v) is 8.99. The molecule has 2 fully saturated rings. The van der Waals surface area contributed by atoms with Crippen molar-refractivity contribution >= 4 is 0 Å². The molecule has 0 bridgehead atoms. The smallest absolute Gasteiger partial charge is 0.0540 e. The van der Waals surface area contributed by atoms with Gasteiger partial charge in [-0.25, -0.2) is 0 Å². The van der Waals surface area contributed by atoms with Gasteiger partial charge in [0.05, 0.1) is 6.10 Å². The van der Waals surface area contributed by atoms with E-state index < -0.39 is 0 Å². The fourth-order valence-corrected chi connectivity index (χ4v) is 3.30. The summed E-state index contributed by atoms with van der Waals surface area (Å²) in [7, 11) is 0. The Bertz CT molecular complexity index is 175. The van der Waals surface area contributed by atoms with Gasteiger partial charge in [-0.05, 0) is 50.4 Å². The minimum Gasteiger partial charge on any atom is -0.393 e. The predicted octanol–water partition coefficient (Wildman–Crippen LogP) is 2.05. The molecule has 2 heteroatoms. The van der Waals surface area contributed by atoms with Gasteiger partial charge in [-0.15, -0.1) is 0 Å². The fourth-order valence-electron chi connectivity index (χ4n) is 3.30. The van der Waals surface area contributed by atoms with Crippen molar-refractivity contribution in [2.45, 2.75) is 63.5 Å². The molecule has 0 aromatic rings. The molecule has 2 nitrogen and oxygen atoms in total. The average molecular weight is 197 g/mol. The van der Waals surface area contributed by atoms with Crippen molar-refractivity contribution in [3.8, 4) is 0 Å². The van der Waals surface area contributed by atoms with E-state index in [0.29, 0.717) is 6.04 Å². The van der Waals surface area contributed by atoms with Gasteiger partial charge in [-0.3, -0.25) is 0 Å². The first kappa shape index (κ1) is 10.4. The molecular weight excluding hydrogens is 174 g/mol. The first-order chi connectivity index (χ1) is 6.77. The molecule has 0 amide bonds. The van der Waals surface area contributed by atoms with Crippen LogP contribution in [0.25, 0.3) is 0 Å². The van der Waals surface area contributed by atoms with Crippen LogP contribution < -0.4 is 5.73 Å². The molecule has 0 radical (unpaired) electrons. The van der Waals surface area contributed by atoms with E-state index in [9.17, 15) is 5.11 Å². The lowest BCUT2D eigenvalue weighted by Crippen LogP contribution is -2.39. The van der Waals surface area contributed by atoms with Crippen LogP contribution in [-0.4, -0.2) is 17.3 Å². The van der Waals surface area contributed by atoms with Crippen LogP contribution in [0.4, 0.5) is 0 Å². The number of hydrogen-bond acceptors (Lipinski definition) is 2. The summed E-state index contributed by atoms with van der Waals surface area (Å²) < 4.78 is 0. The van der Waals surface area contributed by atoms with Gasteiger partial charge in [0.15, 0.2) is 0 Å². The summed E-state index contributed by atoms with van der Waals surface area (Å²) in [5.74, 6) is 1.57. The molecule has 0 spiro atoms. The zero-order chi connectivity index (χ0) is 9.97. The maximum absolute atomic E-state index is 9.46.